The van der Waals surface area contributed by atoms with Crippen molar-refractivity contribution in [1.29, 1.82) is 0 Å². The number of methoxy groups -OCH3 is 2. The lowest BCUT2D eigenvalue weighted by Gasteiger charge is -2.29. The van der Waals surface area contributed by atoms with Crippen LogP contribution in [-0.2, 0) is 25.8 Å². The molecule has 2 fully saturated rings. The third-order valence-corrected chi connectivity index (χ3v) is 12.0. The number of hydrogen-bond acceptors (Lipinski definition) is 9. The molecule has 16 nitrogen and oxygen atoms in total. The Morgan fingerprint density at radius 2 is 1.26 bits per heavy atom. The minimum atomic E-state index is -0.858. The molecule has 4 N–H and O–H groups in total. The van der Waals surface area contributed by atoms with Crippen molar-refractivity contribution in [3.8, 4) is 39.5 Å². The Bertz CT molecular complexity index is 2570. The van der Waals surface area contributed by atoms with Crippen molar-refractivity contribution >= 4 is 34.9 Å². The molecule has 0 aliphatic carbocycles. The zero-order valence-electron chi connectivity index (χ0n) is 35.1. The van der Waals surface area contributed by atoms with Crippen LogP contribution in [0.2, 0.25) is 0 Å². The number of benzene rings is 2. The van der Waals surface area contributed by atoms with Gasteiger partial charge in [-0.1, -0.05) is 39.8 Å². The number of amides is 4. The Morgan fingerprint density at radius 1 is 0.758 bits per heavy atom. The fraction of sp³-hybridized carbons (Fsp3) is 0.442. The smallest absolute Gasteiger partial charge is 0.407 e. The van der Waals surface area contributed by atoms with Crippen LogP contribution in [-0.4, -0.2) is 97.7 Å². The van der Waals surface area contributed by atoms with E-state index in [0.29, 0.717) is 66.7 Å². The van der Waals surface area contributed by atoms with E-state index in [1.165, 1.54) is 20.3 Å². The Balaban J connectivity index is 1.04. The largest absolute Gasteiger partial charge is 0.472 e. The third-order valence-electron chi connectivity index (χ3n) is 12.0. The molecule has 19 heteroatoms. The lowest BCUT2D eigenvalue weighted by molar-refractivity contribution is -0.136. The maximum Gasteiger partial charge on any atom is 0.407 e. The van der Waals surface area contributed by atoms with Crippen LogP contribution in [0.1, 0.15) is 77.1 Å². The van der Waals surface area contributed by atoms with Gasteiger partial charge in [-0.05, 0) is 61.8 Å². The summed E-state index contributed by atoms with van der Waals surface area (Å²) in [4.78, 5) is 69.0. The van der Waals surface area contributed by atoms with E-state index in [-0.39, 0.29) is 64.5 Å². The number of nitrogens with zero attached hydrogens (tertiary/aromatic N) is 5. The number of rotatable bonds is 10. The summed E-state index contributed by atoms with van der Waals surface area (Å²) in [7, 11) is 2.44. The molecule has 0 spiro atoms. The molecule has 6 heterocycles. The van der Waals surface area contributed by atoms with Gasteiger partial charge in [0, 0.05) is 35.2 Å². The topological polar surface area (TPSA) is 189 Å². The number of carbonyl (C=O) groups excluding carboxylic acids is 4. The van der Waals surface area contributed by atoms with Gasteiger partial charge in [0.25, 0.3) is 0 Å². The molecule has 3 aliphatic rings. The van der Waals surface area contributed by atoms with Crippen LogP contribution in [0.5, 0.6) is 5.75 Å². The normalized spacial score (nSPS) is 18.1. The van der Waals surface area contributed by atoms with Crippen molar-refractivity contribution in [3.05, 3.63) is 65.8 Å². The predicted octanol–water partition coefficient (Wildman–Crippen LogP) is 6.94. The number of imidazole rings is 2. The average molecular weight is 860 g/mol. The highest BCUT2D eigenvalue weighted by Gasteiger charge is 2.40. The van der Waals surface area contributed by atoms with Gasteiger partial charge in [0.15, 0.2) is 12.5 Å². The van der Waals surface area contributed by atoms with Crippen molar-refractivity contribution in [3.63, 3.8) is 0 Å². The van der Waals surface area contributed by atoms with E-state index in [1.807, 2.05) is 13.8 Å². The predicted molar refractivity (Wildman–Crippen MR) is 219 cm³/mol. The summed E-state index contributed by atoms with van der Waals surface area (Å²) in [5, 5.41) is 5.40. The van der Waals surface area contributed by atoms with Crippen LogP contribution in [0.15, 0.2) is 36.4 Å². The number of fused-ring (bicyclic) bond motifs is 5. The minimum Gasteiger partial charge on any atom is -0.472 e. The summed E-state index contributed by atoms with van der Waals surface area (Å²) in [6.45, 7) is 7.95. The summed E-state index contributed by atoms with van der Waals surface area (Å²) >= 11 is 0. The molecule has 5 aromatic rings. The molecular formula is C43H48F3N9O7. The van der Waals surface area contributed by atoms with Crippen molar-refractivity contribution in [1.82, 2.24) is 44.9 Å². The molecule has 8 rings (SSSR count). The van der Waals surface area contributed by atoms with Gasteiger partial charge < -0.3 is 49.2 Å². The molecular weight excluding hydrogens is 812 g/mol. The first kappa shape index (κ1) is 42.2. The number of H-pyrrole nitrogens is 2. The Morgan fingerprint density at radius 3 is 1.76 bits per heavy atom. The number of ether oxygens (including phenoxy) is 3. The first-order chi connectivity index (χ1) is 29.7. The van der Waals surface area contributed by atoms with E-state index in [2.05, 4.69) is 30.6 Å². The Labute approximate surface area is 354 Å². The maximum atomic E-state index is 16.6. The Kier molecular flexibility index (Phi) is 11.4. The van der Waals surface area contributed by atoms with Gasteiger partial charge in [0.05, 0.1) is 37.5 Å². The van der Waals surface area contributed by atoms with Crippen molar-refractivity contribution < 1.29 is 46.6 Å². The van der Waals surface area contributed by atoms with Gasteiger partial charge in [-0.15, -0.1) is 0 Å². The zero-order valence-corrected chi connectivity index (χ0v) is 35.1. The van der Waals surface area contributed by atoms with Crippen molar-refractivity contribution in [2.75, 3.05) is 27.3 Å². The molecule has 328 valence electrons. The minimum absolute atomic E-state index is 0.00175. The van der Waals surface area contributed by atoms with E-state index in [1.54, 1.807) is 58.5 Å². The number of nitrogens with one attached hydrogen (secondary N) is 4. The first-order valence-electron chi connectivity index (χ1n) is 20.6. The van der Waals surface area contributed by atoms with E-state index >= 15 is 13.2 Å². The maximum absolute atomic E-state index is 16.6. The van der Waals surface area contributed by atoms with Crippen molar-refractivity contribution in [2.24, 2.45) is 11.8 Å². The summed E-state index contributed by atoms with van der Waals surface area (Å²) in [5.74, 6) is -2.38. The molecule has 0 radical (unpaired) electrons. The van der Waals surface area contributed by atoms with Crippen LogP contribution in [0.25, 0.3) is 44.7 Å². The molecule has 3 aliphatic heterocycles. The number of aromatic nitrogens is 5. The molecule has 4 amide bonds. The highest BCUT2D eigenvalue weighted by molar-refractivity contribution is 5.93. The second-order valence-electron chi connectivity index (χ2n) is 16.5. The number of alkyl carbamates (subject to hydrolysis) is 2. The number of aromatic amines is 2. The standard InChI is InChI=1S/C43H48F3N9O7/c1-20(2)31(49-42(58)60-5)40(56)53-15-7-9-27(53)38-47-33(36(45)51-38)22-12-14-26-25(17-22)30(44)35-24-13-11-23(18-29(24)62-19-55(26)35)34-37(46)52-39(48-34)28-10-8-16-54(28)41(57)32(21(3)4)50-43(59)61-6/h11-14,17-18,20-21,27-28,31-32H,7-10,15-16,19H2,1-6H3,(H,47,51)(H,48,52)(H,49,58)(H,50,59)/t27-,28-,31-,32-/m0/s1. The van der Waals surface area contributed by atoms with Gasteiger partial charge in [0.1, 0.15) is 40.9 Å². The van der Waals surface area contributed by atoms with E-state index in [4.69, 9.17) is 14.2 Å². The van der Waals surface area contributed by atoms with Gasteiger partial charge in [-0.2, -0.15) is 8.78 Å². The van der Waals surface area contributed by atoms with E-state index in [0.717, 1.165) is 0 Å². The highest BCUT2D eigenvalue weighted by Crippen LogP contribution is 2.44. The van der Waals surface area contributed by atoms with Gasteiger partial charge in [0.2, 0.25) is 23.7 Å². The zero-order chi connectivity index (χ0) is 44.1. The Hall–Kier alpha value is -6.53. The summed E-state index contributed by atoms with van der Waals surface area (Å²) < 4.78 is 65.1. The van der Waals surface area contributed by atoms with Crippen LogP contribution < -0.4 is 15.4 Å². The van der Waals surface area contributed by atoms with Crippen molar-refractivity contribution in [2.45, 2.75) is 84.3 Å². The lowest BCUT2D eigenvalue weighted by atomic mass is 10.0. The fourth-order valence-corrected chi connectivity index (χ4v) is 8.80. The van der Waals surface area contributed by atoms with Crippen LogP contribution in [0.4, 0.5) is 22.8 Å². The molecule has 62 heavy (non-hydrogen) atoms. The van der Waals surface area contributed by atoms with Crippen LogP contribution in [0, 0.1) is 29.5 Å². The molecule has 2 saturated heterocycles. The lowest BCUT2D eigenvalue weighted by Crippen LogP contribution is -2.51. The van der Waals surface area contributed by atoms with E-state index in [9.17, 15) is 19.2 Å². The summed E-state index contributed by atoms with van der Waals surface area (Å²) in [6.07, 6.45) is 0.893. The average Bonchev–Trinajstić information content (AvgIpc) is 4.11. The molecule has 0 unspecified atom stereocenters. The number of halogens is 3. The monoisotopic (exact) mass is 859 g/mol. The molecule has 4 atom stereocenters. The quantitative estimate of drug-likeness (QED) is 0.115. The molecule has 3 aromatic heterocycles. The highest BCUT2D eigenvalue weighted by atomic mass is 19.1. The molecule has 0 bridgehead atoms. The van der Waals surface area contributed by atoms with Crippen LogP contribution in [0.3, 0.4) is 0 Å². The van der Waals surface area contributed by atoms with Gasteiger partial charge in [-0.3, -0.25) is 9.59 Å². The molecule has 2 aromatic carbocycles. The van der Waals surface area contributed by atoms with E-state index < -0.39 is 54.1 Å². The number of likely N-dealkylation sites (tertiary alicyclic amines) is 2. The van der Waals surface area contributed by atoms with Crippen LogP contribution >= 0.6 is 0 Å². The van der Waals surface area contributed by atoms with Gasteiger partial charge in [-0.25, -0.2) is 23.9 Å². The second kappa shape index (κ2) is 16.7. The summed E-state index contributed by atoms with van der Waals surface area (Å²) in [6, 6.07) is 6.81. The second-order valence-corrected chi connectivity index (χ2v) is 16.5. The first-order valence-corrected chi connectivity index (χ1v) is 20.6. The molecule has 0 saturated carbocycles. The number of carbonyl (C=O) groups is 4. The number of hydrogen-bond donors (Lipinski definition) is 4. The summed E-state index contributed by atoms with van der Waals surface area (Å²) in [5.41, 5.74) is 1.78. The van der Waals surface area contributed by atoms with Gasteiger partial charge >= 0.3 is 12.2 Å². The third kappa shape index (κ3) is 7.46. The fourth-order valence-electron chi connectivity index (χ4n) is 8.80. The SMILES string of the molecule is COC(=O)N[C@H](C(=O)N1CCC[C@H]1c1nc(-c2ccc3c(c2)OCn2c-3c(F)c3cc(-c4nc([C@@H]5CCCN5C(=O)[C@@H](NC(=O)OC)C(C)C)[nH]c4F)ccc32)c(F)[nH]1)C(C)C.